The average Bonchev–Trinajstić information content (AvgIpc) is 3.19. The van der Waals surface area contributed by atoms with E-state index in [1.165, 1.54) is 21.3 Å². The molecule has 152 valence electrons. The van der Waals surface area contributed by atoms with Crippen LogP contribution in [0.4, 0.5) is 0 Å². The third kappa shape index (κ3) is 3.33. The van der Waals surface area contributed by atoms with Crippen molar-refractivity contribution in [3.05, 3.63) is 76.3 Å². The number of ketones is 1. The van der Waals surface area contributed by atoms with Gasteiger partial charge in [0.1, 0.15) is 0 Å². The van der Waals surface area contributed by atoms with Gasteiger partial charge >= 0.3 is 0 Å². The van der Waals surface area contributed by atoms with Crippen LogP contribution < -0.4 is 14.2 Å². The zero-order chi connectivity index (χ0) is 21.3. The van der Waals surface area contributed by atoms with Crippen LogP contribution >= 0.6 is 15.9 Å². The van der Waals surface area contributed by atoms with Gasteiger partial charge in [-0.05, 0) is 39.7 Å². The lowest BCUT2D eigenvalue weighted by Crippen LogP contribution is -2.05. The molecule has 1 heterocycles. The van der Waals surface area contributed by atoms with Gasteiger partial charge in [-0.15, -0.1) is 0 Å². The predicted molar refractivity (Wildman–Crippen MR) is 121 cm³/mol. The van der Waals surface area contributed by atoms with Crippen molar-refractivity contribution in [3.63, 3.8) is 0 Å². The molecule has 0 bridgehead atoms. The van der Waals surface area contributed by atoms with Crippen LogP contribution in [0.5, 0.6) is 17.2 Å². The van der Waals surface area contributed by atoms with Gasteiger partial charge in [-0.3, -0.25) is 4.79 Å². The number of hydrogen-bond donors (Lipinski definition) is 1. The minimum Gasteiger partial charge on any atom is -0.493 e. The lowest BCUT2D eigenvalue weighted by atomic mass is 9.96. The number of nitrogens with one attached hydrogen (secondary N) is 1. The van der Waals surface area contributed by atoms with Crippen LogP contribution in [0.1, 0.15) is 15.9 Å². The van der Waals surface area contributed by atoms with Gasteiger partial charge in [0, 0.05) is 15.4 Å². The second-order valence-electron chi connectivity index (χ2n) is 6.65. The molecule has 0 amide bonds. The summed E-state index contributed by atoms with van der Waals surface area (Å²) in [6.07, 6.45) is 0. The molecule has 4 rings (SSSR count). The zero-order valence-corrected chi connectivity index (χ0v) is 18.4. The molecule has 0 spiro atoms. The highest BCUT2D eigenvalue weighted by Gasteiger charge is 2.24. The maximum absolute atomic E-state index is 13.8. The van der Waals surface area contributed by atoms with Crippen molar-refractivity contribution in [1.29, 1.82) is 0 Å². The Balaban J connectivity index is 1.98. The van der Waals surface area contributed by atoms with Gasteiger partial charge in [-0.2, -0.15) is 0 Å². The molecule has 3 aromatic carbocycles. The smallest absolute Gasteiger partial charge is 0.203 e. The lowest BCUT2D eigenvalue weighted by molar-refractivity contribution is 0.104. The summed E-state index contributed by atoms with van der Waals surface area (Å²) in [5.41, 5.74) is 3.59. The van der Waals surface area contributed by atoms with Gasteiger partial charge in [-0.25, -0.2) is 0 Å². The molecule has 0 aliphatic heterocycles. The Bertz CT molecular complexity index is 1210. The monoisotopic (exact) mass is 465 g/mol. The van der Waals surface area contributed by atoms with E-state index in [4.69, 9.17) is 14.2 Å². The van der Waals surface area contributed by atoms with Gasteiger partial charge in [0.2, 0.25) is 5.75 Å². The number of ether oxygens (including phenoxy) is 3. The Morgan fingerprint density at radius 3 is 2.13 bits per heavy atom. The first kappa shape index (κ1) is 20.0. The van der Waals surface area contributed by atoms with Crippen molar-refractivity contribution >= 4 is 32.6 Å². The van der Waals surface area contributed by atoms with Crippen LogP contribution in [-0.2, 0) is 0 Å². The highest BCUT2D eigenvalue weighted by atomic mass is 79.9. The number of aromatic nitrogens is 1. The molecular formula is C24H20BrNO4. The molecule has 30 heavy (non-hydrogen) atoms. The summed E-state index contributed by atoms with van der Waals surface area (Å²) in [7, 11) is 4.60. The van der Waals surface area contributed by atoms with Crippen LogP contribution in [0.25, 0.3) is 22.2 Å². The van der Waals surface area contributed by atoms with Gasteiger partial charge in [0.15, 0.2) is 17.3 Å². The molecule has 0 radical (unpaired) electrons. The second-order valence-corrected chi connectivity index (χ2v) is 7.50. The van der Waals surface area contributed by atoms with Crippen molar-refractivity contribution in [2.45, 2.75) is 0 Å². The van der Waals surface area contributed by atoms with Crippen LogP contribution in [0.3, 0.4) is 0 Å². The van der Waals surface area contributed by atoms with E-state index in [0.717, 1.165) is 26.6 Å². The van der Waals surface area contributed by atoms with E-state index in [1.807, 2.05) is 48.5 Å². The summed E-state index contributed by atoms with van der Waals surface area (Å²) < 4.78 is 17.2. The van der Waals surface area contributed by atoms with Crippen molar-refractivity contribution < 1.29 is 19.0 Å². The molecule has 0 unspecified atom stereocenters. The normalized spacial score (nSPS) is 10.8. The summed E-state index contributed by atoms with van der Waals surface area (Å²) in [5, 5.41) is 0.835. The number of hydrogen-bond acceptors (Lipinski definition) is 4. The Morgan fingerprint density at radius 1 is 0.867 bits per heavy atom. The number of halogens is 1. The highest BCUT2D eigenvalue weighted by molar-refractivity contribution is 9.10. The Hall–Kier alpha value is -3.25. The van der Waals surface area contributed by atoms with E-state index >= 15 is 0 Å². The van der Waals surface area contributed by atoms with E-state index < -0.39 is 0 Å². The van der Waals surface area contributed by atoms with Gasteiger partial charge in [-0.1, -0.05) is 42.5 Å². The third-order valence-electron chi connectivity index (χ3n) is 5.00. The van der Waals surface area contributed by atoms with Gasteiger partial charge in [0.25, 0.3) is 0 Å². The number of H-pyrrole nitrogens is 1. The minimum atomic E-state index is -0.141. The summed E-state index contributed by atoms with van der Waals surface area (Å²) in [4.78, 5) is 17.2. The summed E-state index contributed by atoms with van der Waals surface area (Å²) in [5.74, 6) is 1.17. The van der Waals surface area contributed by atoms with Crippen LogP contribution in [-0.4, -0.2) is 32.1 Å². The molecule has 0 aliphatic carbocycles. The molecule has 1 N–H and O–H groups in total. The second kappa shape index (κ2) is 8.24. The maximum Gasteiger partial charge on any atom is 0.203 e. The molecule has 4 aromatic rings. The number of benzene rings is 3. The Morgan fingerprint density at radius 2 is 1.53 bits per heavy atom. The van der Waals surface area contributed by atoms with E-state index in [-0.39, 0.29) is 5.78 Å². The quantitative estimate of drug-likeness (QED) is 0.362. The van der Waals surface area contributed by atoms with E-state index in [0.29, 0.717) is 28.4 Å². The SMILES string of the molecule is COc1cc(C(=O)c2c(-c3ccccc3)[nH]c3c(Br)cccc23)cc(OC)c1OC. The maximum atomic E-state index is 13.8. The molecular weight excluding hydrogens is 446 g/mol. The fourth-order valence-corrected chi connectivity index (χ4v) is 4.06. The first-order valence-electron chi connectivity index (χ1n) is 9.29. The van der Waals surface area contributed by atoms with Crippen LogP contribution in [0, 0.1) is 0 Å². The number of carbonyl (C=O) groups excluding carboxylic acids is 1. The van der Waals surface area contributed by atoms with Crippen molar-refractivity contribution in [1.82, 2.24) is 4.98 Å². The third-order valence-corrected chi connectivity index (χ3v) is 5.66. The topological polar surface area (TPSA) is 60.6 Å². The standard InChI is InChI=1S/C24H20BrNO4/c1-28-18-12-15(13-19(29-2)24(18)30-3)23(27)20-16-10-7-11-17(25)22(16)26-21(20)14-8-5-4-6-9-14/h4-13,26H,1-3H3. The highest BCUT2D eigenvalue weighted by Crippen LogP contribution is 2.41. The molecule has 0 aliphatic rings. The number of para-hydroxylation sites is 1. The van der Waals surface area contributed by atoms with Crippen LogP contribution in [0.2, 0.25) is 0 Å². The van der Waals surface area contributed by atoms with E-state index in [9.17, 15) is 4.79 Å². The fourth-order valence-electron chi connectivity index (χ4n) is 3.60. The van der Waals surface area contributed by atoms with Crippen molar-refractivity contribution in [3.8, 4) is 28.5 Å². The van der Waals surface area contributed by atoms with Crippen LogP contribution in [0.15, 0.2) is 65.1 Å². The number of fused-ring (bicyclic) bond motifs is 1. The molecule has 0 saturated heterocycles. The molecule has 6 heteroatoms. The van der Waals surface area contributed by atoms with E-state index in [1.54, 1.807) is 12.1 Å². The summed E-state index contributed by atoms with van der Waals surface area (Å²) >= 11 is 3.59. The number of rotatable bonds is 6. The molecule has 0 atom stereocenters. The average molecular weight is 466 g/mol. The lowest BCUT2D eigenvalue weighted by Gasteiger charge is -2.14. The van der Waals surface area contributed by atoms with Gasteiger partial charge in [0.05, 0.1) is 38.1 Å². The summed E-state index contributed by atoms with van der Waals surface area (Å²) in [6.45, 7) is 0. The predicted octanol–water partition coefficient (Wildman–Crippen LogP) is 5.85. The first-order chi connectivity index (χ1) is 14.6. The number of methoxy groups -OCH3 is 3. The zero-order valence-electron chi connectivity index (χ0n) is 16.8. The fraction of sp³-hybridized carbons (Fsp3) is 0.125. The van der Waals surface area contributed by atoms with Crippen molar-refractivity contribution in [2.24, 2.45) is 0 Å². The molecule has 1 aromatic heterocycles. The first-order valence-corrected chi connectivity index (χ1v) is 10.1. The number of aromatic amines is 1. The Kier molecular flexibility index (Phi) is 5.50. The molecule has 0 fully saturated rings. The molecule has 5 nitrogen and oxygen atoms in total. The van der Waals surface area contributed by atoms with Crippen molar-refractivity contribution in [2.75, 3.05) is 21.3 Å². The van der Waals surface area contributed by atoms with E-state index in [2.05, 4.69) is 20.9 Å². The largest absolute Gasteiger partial charge is 0.493 e. The number of carbonyl (C=O) groups is 1. The minimum absolute atomic E-state index is 0.141. The van der Waals surface area contributed by atoms with Gasteiger partial charge < -0.3 is 19.2 Å². The Labute approximate surface area is 182 Å². The molecule has 0 saturated carbocycles. The summed E-state index contributed by atoms with van der Waals surface area (Å²) in [6, 6.07) is 19.0.